The van der Waals surface area contributed by atoms with Gasteiger partial charge in [-0.2, -0.15) is 0 Å². The molecule has 3 aliphatic rings. The van der Waals surface area contributed by atoms with Gasteiger partial charge in [-0.05, 0) is 56.1 Å². The largest absolute Gasteiger partial charge is 0.381 e. The van der Waals surface area contributed by atoms with Crippen molar-refractivity contribution in [2.24, 2.45) is 17.8 Å². The van der Waals surface area contributed by atoms with E-state index in [1.54, 1.807) is 38.1 Å². The topological polar surface area (TPSA) is 224 Å². The minimum atomic E-state index is -1.48. The molecule has 1 aromatic heterocycles. The number of aromatic nitrogens is 2. The van der Waals surface area contributed by atoms with E-state index >= 15 is 0 Å². The number of rotatable bonds is 16. The average molecular weight is 762 g/mol. The van der Waals surface area contributed by atoms with Gasteiger partial charge in [0.15, 0.2) is 6.10 Å². The van der Waals surface area contributed by atoms with Crippen LogP contribution in [0.2, 0.25) is 0 Å². The van der Waals surface area contributed by atoms with E-state index < -0.39 is 77.7 Å². The fourth-order valence-electron chi connectivity index (χ4n) is 7.26. The summed E-state index contributed by atoms with van der Waals surface area (Å²) in [6.45, 7) is 5.35. The summed E-state index contributed by atoms with van der Waals surface area (Å²) in [6.07, 6.45) is 9.56. The third-order valence-corrected chi connectivity index (χ3v) is 10.5. The molecule has 7 N–H and O–H groups in total. The summed E-state index contributed by atoms with van der Waals surface area (Å²) in [4.78, 5) is 90.9. The fraction of sp³-hybridized carbons (Fsp3) is 0.590. The van der Waals surface area contributed by atoms with Crippen molar-refractivity contribution in [3.63, 3.8) is 0 Å². The van der Waals surface area contributed by atoms with E-state index in [1.165, 1.54) is 23.5 Å². The summed E-state index contributed by atoms with van der Waals surface area (Å²) in [6, 6.07) is 4.62. The third kappa shape index (κ3) is 11.4. The Bertz CT molecular complexity index is 1640. The number of aliphatic hydroxyl groups excluding tert-OH is 1. The van der Waals surface area contributed by atoms with E-state index in [9.17, 15) is 33.9 Å². The summed E-state index contributed by atoms with van der Waals surface area (Å²) in [5.74, 6) is -4.21. The summed E-state index contributed by atoms with van der Waals surface area (Å²) in [5.41, 5.74) is 0.619. The van der Waals surface area contributed by atoms with Gasteiger partial charge in [0.25, 0.3) is 11.8 Å². The van der Waals surface area contributed by atoms with Crippen LogP contribution in [0.3, 0.4) is 0 Å². The highest BCUT2D eigenvalue weighted by Gasteiger charge is 2.44. The van der Waals surface area contributed by atoms with E-state index in [0.29, 0.717) is 18.5 Å². The first-order chi connectivity index (χ1) is 26.4. The number of carbonyl (C=O) groups excluding carboxylic acids is 6. The van der Waals surface area contributed by atoms with Gasteiger partial charge in [0, 0.05) is 37.2 Å². The second-order valence-electron chi connectivity index (χ2n) is 15.2. The zero-order chi connectivity index (χ0) is 39.5. The lowest BCUT2D eigenvalue weighted by Crippen LogP contribution is -2.60. The number of hydrogen-bond acceptors (Lipinski definition) is 9. The van der Waals surface area contributed by atoms with Crippen LogP contribution in [-0.4, -0.2) is 105 Å². The molecule has 16 nitrogen and oxygen atoms in total. The van der Waals surface area contributed by atoms with Crippen molar-refractivity contribution in [1.29, 1.82) is 0 Å². The van der Waals surface area contributed by atoms with Crippen LogP contribution < -0.4 is 31.9 Å². The van der Waals surface area contributed by atoms with E-state index in [4.69, 9.17) is 0 Å². The quantitative estimate of drug-likeness (QED) is 0.132. The molecule has 0 bridgehead atoms. The standard InChI is InChI=1S/C39H55N9O7/c1-4-11-28(33(49)38(54)42-26-16-17-26)44-34(50)27-21-48(39(55)43-25-14-9-6-10-15-25)22-30(27)45-36(52)31(23(2)3)46-37(53)32(24-12-7-5-8-13-24)47-35(51)29-20-40-18-19-41-29/h6,9-10,14-15,18-20,23-24,26-28,30-33,49H,4-5,7-8,11-13,16-17,21-22H2,1-3H3,(H,42,54)(H,43,55)(H,44,50)(H,45,52)(H,46,53)(H,47,51)/t27?,28?,30?,31?,32-,33?/m0/s1. The van der Waals surface area contributed by atoms with Crippen LogP contribution in [0.5, 0.6) is 0 Å². The molecule has 1 aliphatic heterocycles. The lowest BCUT2D eigenvalue weighted by molar-refractivity contribution is -0.134. The molecule has 16 heteroatoms. The highest BCUT2D eigenvalue weighted by Crippen LogP contribution is 2.27. The number of likely N-dealkylation sites (tertiary alicyclic amines) is 1. The molecule has 298 valence electrons. The molecule has 2 saturated carbocycles. The van der Waals surface area contributed by atoms with Crippen molar-refractivity contribution >= 4 is 41.3 Å². The molecule has 0 spiro atoms. The lowest BCUT2D eigenvalue weighted by Gasteiger charge is -2.32. The van der Waals surface area contributed by atoms with Crippen LogP contribution in [0.25, 0.3) is 0 Å². The first-order valence-corrected chi connectivity index (χ1v) is 19.5. The summed E-state index contributed by atoms with van der Waals surface area (Å²) < 4.78 is 0. The summed E-state index contributed by atoms with van der Waals surface area (Å²) in [5, 5.41) is 28.0. The molecule has 6 atom stereocenters. The zero-order valence-electron chi connectivity index (χ0n) is 31.8. The van der Waals surface area contributed by atoms with Crippen LogP contribution in [-0.2, 0) is 19.2 Å². The number of carbonyl (C=O) groups is 6. The van der Waals surface area contributed by atoms with Crippen LogP contribution in [0, 0.1) is 17.8 Å². The highest BCUT2D eigenvalue weighted by molar-refractivity contribution is 5.97. The molecule has 5 rings (SSSR count). The Kier molecular flexibility index (Phi) is 14.5. The Morgan fingerprint density at radius 3 is 2.22 bits per heavy atom. The van der Waals surface area contributed by atoms with Crippen molar-refractivity contribution in [1.82, 2.24) is 41.5 Å². The first kappa shape index (κ1) is 41.1. The molecule has 0 radical (unpaired) electrons. The van der Waals surface area contributed by atoms with Gasteiger partial charge in [-0.15, -0.1) is 0 Å². The molecule has 2 aliphatic carbocycles. The molecule has 3 fully saturated rings. The Hall–Kier alpha value is -5.12. The van der Waals surface area contributed by atoms with E-state index in [0.717, 1.165) is 44.9 Å². The Balaban J connectivity index is 1.32. The van der Waals surface area contributed by atoms with Gasteiger partial charge in [0.1, 0.15) is 17.8 Å². The van der Waals surface area contributed by atoms with Crippen molar-refractivity contribution in [3.05, 3.63) is 54.6 Å². The number of para-hydroxylation sites is 1. The normalized spacial score (nSPS) is 20.7. The second-order valence-corrected chi connectivity index (χ2v) is 15.2. The van der Waals surface area contributed by atoms with Crippen molar-refractivity contribution < 1.29 is 33.9 Å². The molecular weight excluding hydrogens is 706 g/mol. The SMILES string of the molecule is CCCC(NC(=O)C1CN(C(=O)Nc2ccccc2)CC1NC(=O)C(NC(=O)[C@@H](NC(=O)c1cnccn1)C1CCCCC1)C(C)C)C(O)C(=O)NC1CC1. The van der Waals surface area contributed by atoms with Gasteiger partial charge < -0.3 is 41.9 Å². The Morgan fingerprint density at radius 1 is 0.855 bits per heavy atom. The molecular formula is C39H55N9O7. The molecule has 1 aromatic carbocycles. The predicted octanol–water partition coefficient (Wildman–Crippen LogP) is 1.87. The van der Waals surface area contributed by atoms with Crippen LogP contribution in [0.1, 0.15) is 89.0 Å². The minimum absolute atomic E-state index is 0.0213. The maximum atomic E-state index is 14.1. The first-order valence-electron chi connectivity index (χ1n) is 19.5. The van der Waals surface area contributed by atoms with Gasteiger partial charge in [-0.3, -0.25) is 29.0 Å². The maximum absolute atomic E-state index is 14.1. The summed E-state index contributed by atoms with van der Waals surface area (Å²) in [7, 11) is 0. The predicted molar refractivity (Wildman–Crippen MR) is 203 cm³/mol. The van der Waals surface area contributed by atoms with Crippen LogP contribution in [0.4, 0.5) is 10.5 Å². The molecule has 5 unspecified atom stereocenters. The van der Waals surface area contributed by atoms with Gasteiger partial charge >= 0.3 is 6.03 Å². The fourth-order valence-corrected chi connectivity index (χ4v) is 7.26. The second kappa shape index (κ2) is 19.5. The number of nitrogens with zero attached hydrogens (tertiary/aromatic N) is 3. The molecule has 2 heterocycles. The van der Waals surface area contributed by atoms with Gasteiger partial charge in [0.2, 0.25) is 17.7 Å². The van der Waals surface area contributed by atoms with Crippen molar-refractivity contribution in [2.45, 2.75) is 115 Å². The Morgan fingerprint density at radius 2 is 1.58 bits per heavy atom. The van der Waals surface area contributed by atoms with E-state index in [1.807, 2.05) is 13.0 Å². The number of urea groups is 1. The molecule has 1 saturated heterocycles. The van der Waals surface area contributed by atoms with Gasteiger partial charge in [-0.25, -0.2) is 9.78 Å². The number of amides is 7. The Labute approximate surface area is 321 Å². The number of aliphatic hydroxyl groups is 1. The number of nitrogens with one attached hydrogen (secondary N) is 6. The monoisotopic (exact) mass is 761 g/mol. The van der Waals surface area contributed by atoms with Crippen molar-refractivity contribution in [3.8, 4) is 0 Å². The van der Waals surface area contributed by atoms with Gasteiger partial charge in [0.05, 0.1) is 24.2 Å². The van der Waals surface area contributed by atoms with E-state index in [2.05, 4.69) is 41.9 Å². The molecule has 55 heavy (non-hydrogen) atoms. The minimum Gasteiger partial charge on any atom is -0.381 e. The number of hydrogen-bond donors (Lipinski definition) is 7. The van der Waals surface area contributed by atoms with Crippen LogP contribution >= 0.6 is 0 Å². The molecule has 2 aromatic rings. The smallest absolute Gasteiger partial charge is 0.321 e. The third-order valence-electron chi connectivity index (χ3n) is 10.5. The lowest BCUT2D eigenvalue weighted by atomic mass is 9.83. The van der Waals surface area contributed by atoms with E-state index in [-0.39, 0.29) is 30.7 Å². The maximum Gasteiger partial charge on any atom is 0.321 e. The number of benzene rings is 1. The van der Waals surface area contributed by atoms with Crippen LogP contribution in [0.15, 0.2) is 48.9 Å². The van der Waals surface area contributed by atoms with Gasteiger partial charge in [-0.1, -0.05) is 64.7 Å². The van der Waals surface area contributed by atoms with Crippen molar-refractivity contribution in [2.75, 3.05) is 18.4 Å². The zero-order valence-corrected chi connectivity index (χ0v) is 31.8. The molecule has 7 amide bonds. The average Bonchev–Trinajstić information content (AvgIpc) is 3.91. The summed E-state index contributed by atoms with van der Waals surface area (Å²) >= 11 is 0. The number of anilines is 1. The highest BCUT2D eigenvalue weighted by atomic mass is 16.3.